The number of alkyl halides is 3. The summed E-state index contributed by atoms with van der Waals surface area (Å²) in [6, 6.07) is 18.4. The van der Waals surface area contributed by atoms with Crippen molar-refractivity contribution < 1.29 is 32.7 Å². The van der Waals surface area contributed by atoms with Gasteiger partial charge in [-0.1, -0.05) is 61.0 Å². The zero-order chi connectivity index (χ0) is 27.5. The number of carboxylic acid groups (broad SMARTS) is 1. The van der Waals surface area contributed by atoms with E-state index in [4.69, 9.17) is 9.90 Å². The summed E-state index contributed by atoms with van der Waals surface area (Å²) in [4.78, 5) is 36.6. The molecule has 2 aromatic carbocycles. The van der Waals surface area contributed by atoms with Crippen molar-refractivity contribution in [2.24, 2.45) is 5.92 Å². The standard InChI is InChI=1S/C27H32N2O2.C2HF3O2/c30-26(24-11-6-7-18-28-24)20-22(14-13-21-8-2-1-3-9-21)15-16-27(31)29-19-17-23-10-4-5-12-25(23)29;3-2(4,5)1(6)7/h1-5,8-10,12,15-16,22,24,28H,6-7,11,13-14,17-20H2;(H,6,7)/b16-15+;/t22-,24-;/m0./s1. The molecule has 6 nitrogen and oxygen atoms in total. The molecule has 2 atom stereocenters. The number of fused-ring (bicyclic) bond motifs is 1. The van der Waals surface area contributed by atoms with E-state index >= 15 is 0 Å². The minimum Gasteiger partial charge on any atom is -0.475 e. The predicted octanol–water partition coefficient (Wildman–Crippen LogP) is 5.12. The van der Waals surface area contributed by atoms with Crippen LogP contribution in [0, 0.1) is 5.92 Å². The van der Waals surface area contributed by atoms with Gasteiger partial charge >= 0.3 is 12.1 Å². The largest absolute Gasteiger partial charge is 0.490 e. The molecule has 9 heteroatoms. The highest BCUT2D eigenvalue weighted by atomic mass is 19.4. The van der Waals surface area contributed by atoms with Gasteiger partial charge in [-0.15, -0.1) is 0 Å². The maximum absolute atomic E-state index is 12.9. The first kappa shape index (κ1) is 29.1. The van der Waals surface area contributed by atoms with Crippen LogP contribution in [0.4, 0.5) is 18.9 Å². The van der Waals surface area contributed by atoms with E-state index in [0.717, 1.165) is 57.3 Å². The molecule has 2 aliphatic heterocycles. The summed E-state index contributed by atoms with van der Waals surface area (Å²) < 4.78 is 31.7. The lowest BCUT2D eigenvalue weighted by Gasteiger charge is -2.24. The lowest BCUT2D eigenvalue weighted by Crippen LogP contribution is -2.41. The highest BCUT2D eigenvalue weighted by Crippen LogP contribution is 2.28. The van der Waals surface area contributed by atoms with Gasteiger partial charge < -0.3 is 15.3 Å². The van der Waals surface area contributed by atoms with Crippen LogP contribution in [0.2, 0.25) is 0 Å². The van der Waals surface area contributed by atoms with Crippen molar-refractivity contribution in [3.05, 3.63) is 77.9 Å². The second kappa shape index (κ2) is 13.9. The lowest BCUT2D eigenvalue weighted by atomic mass is 9.90. The Morgan fingerprint density at radius 1 is 1.05 bits per heavy atom. The minimum absolute atomic E-state index is 0.0119. The van der Waals surface area contributed by atoms with Gasteiger partial charge in [0.25, 0.3) is 5.91 Å². The van der Waals surface area contributed by atoms with E-state index in [0.29, 0.717) is 6.42 Å². The number of nitrogens with one attached hydrogen (secondary N) is 1. The number of amides is 1. The quantitative estimate of drug-likeness (QED) is 0.463. The number of piperidine rings is 1. The third kappa shape index (κ3) is 8.83. The van der Waals surface area contributed by atoms with E-state index in [9.17, 15) is 22.8 Å². The zero-order valence-corrected chi connectivity index (χ0v) is 21.1. The predicted molar refractivity (Wildman–Crippen MR) is 139 cm³/mol. The summed E-state index contributed by atoms with van der Waals surface area (Å²) in [5.41, 5.74) is 3.51. The van der Waals surface area contributed by atoms with E-state index < -0.39 is 12.1 Å². The Kier molecular flexibility index (Phi) is 10.6. The smallest absolute Gasteiger partial charge is 0.475 e. The van der Waals surface area contributed by atoms with Crippen LogP contribution >= 0.6 is 0 Å². The zero-order valence-electron chi connectivity index (χ0n) is 21.1. The maximum atomic E-state index is 12.9. The van der Waals surface area contributed by atoms with Gasteiger partial charge in [-0.2, -0.15) is 13.2 Å². The van der Waals surface area contributed by atoms with Crippen LogP contribution in [0.25, 0.3) is 0 Å². The van der Waals surface area contributed by atoms with Gasteiger partial charge in [0.2, 0.25) is 0 Å². The fourth-order valence-corrected chi connectivity index (χ4v) is 4.67. The summed E-state index contributed by atoms with van der Waals surface area (Å²) >= 11 is 0. The molecule has 1 saturated heterocycles. The van der Waals surface area contributed by atoms with Crippen molar-refractivity contribution in [3.8, 4) is 0 Å². The summed E-state index contributed by atoms with van der Waals surface area (Å²) in [5.74, 6) is -2.40. The summed E-state index contributed by atoms with van der Waals surface area (Å²) in [7, 11) is 0. The molecule has 1 amide bonds. The van der Waals surface area contributed by atoms with Crippen LogP contribution in [0.5, 0.6) is 0 Å². The Morgan fingerprint density at radius 3 is 2.39 bits per heavy atom. The van der Waals surface area contributed by atoms with Crippen LogP contribution < -0.4 is 10.2 Å². The average Bonchev–Trinajstić information content (AvgIpc) is 3.35. The molecule has 2 aromatic rings. The lowest BCUT2D eigenvalue weighted by molar-refractivity contribution is -0.192. The van der Waals surface area contributed by atoms with Crippen LogP contribution in [0.15, 0.2) is 66.7 Å². The maximum Gasteiger partial charge on any atom is 0.490 e. The number of benzene rings is 2. The number of hydrogen-bond donors (Lipinski definition) is 2. The molecule has 0 aliphatic carbocycles. The number of anilines is 1. The first-order chi connectivity index (χ1) is 18.1. The molecule has 0 aromatic heterocycles. The first-order valence-electron chi connectivity index (χ1n) is 12.8. The highest BCUT2D eigenvalue weighted by molar-refractivity contribution is 6.03. The fraction of sp³-hybridized carbons (Fsp3) is 0.414. The number of aryl methyl sites for hydroxylation is 1. The first-order valence-corrected chi connectivity index (χ1v) is 12.8. The number of para-hydroxylation sites is 1. The summed E-state index contributed by atoms with van der Waals surface area (Å²) in [6.07, 6.45) is 4.94. The Morgan fingerprint density at radius 2 is 1.74 bits per heavy atom. The molecule has 2 N–H and O–H groups in total. The average molecular weight is 531 g/mol. The van der Waals surface area contributed by atoms with E-state index in [2.05, 4.69) is 23.5 Å². The third-order valence-corrected chi connectivity index (χ3v) is 6.72. The van der Waals surface area contributed by atoms with Gasteiger partial charge in [-0.3, -0.25) is 9.59 Å². The minimum atomic E-state index is -5.08. The van der Waals surface area contributed by atoms with Gasteiger partial charge in [-0.25, -0.2) is 4.79 Å². The molecule has 2 heterocycles. The van der Waals surface area contributed by atoms with Gasteiger partial charge in [0.1, 0.15) is 5.78 Å². The number of carbonyl (C=O) groups is 3. The van der Waals surface area contributed by atoms with E-state index in [-0.39, 0.29) is 23.7 Å². The van der Waals surface area contributed by atoms with Crippen LogP contribution in [0.3, 0.4) is 0 Å². The number of nitrogens with zero attached hydrogens (tertiary/aromatic N) is 1. The van der Waals surface area contributed by atoms with Crippen molar-refractivity contribution in [3.63, 3.8) is 0 Å². The van der Waals surface area contributed by atoms with Gasteiger partial charge in [0.05, 0.1) is 6.04 Å². The molecular formula is C29H33F3N2O4. The Labute approximate surface area is 220 Å². The Balaban J connectivity index is 0.000000505. The van der Waals surface area contributed by atoms with Gasteiger partial charge in [-0.05, 0) is 67.8 Å². The normalized spacial score (nSPS) is 17.9. The number of Topliss-reactive ketones (excluding diaryl/α,β-unsaturated/α-hetero) is 1. The molecule has 204 valence electrons. The Bertz CT molecular complexity index is 1110. The molecule has 0 saturated carbocycles. The fourth-order valence-electron chi connectivity index (χ4n) is 4.67. The SMILES string of the molecule is O=C(C[C@H](/C=C/C(=O)N1CCc2ccccc21)CCc1ccccc1)[C@@H]1CCCCN1.O=C(O)C(F)(F)F. The molecule has 2 aliphatic rings. The molecule has 4 rings (SSSR count). The van der Waals surface area contributed by atoms with Gasteiger partial charge in [0, 0.05) is 18.7 Å². The van der Waals surface area contributed by atoms with E-state index in [1.54, 1.807) is 6.08 Å². The number of ketones is 1. The molecule has 1 fully saturated rings. The molecule has 38 heavy (non-hydrogen) atoms. The van der Waals surface area contributed by atoms with Crippen LogP contribution in [0.1, 0.15) is 43.2 Å². The van der Waals surface area contributed by atoms with Crippen molar-refractivity contribution in [2.75, 3.05) is 18.0 Å². The number of carboxylic acids is 1. The molecular weight excluding hydrogens is 497 g/mol. The van der Waals surface area contributed by atoms with Crippen molar-refractivity contribution >= 4 is 23.3 Å². The van der Waals surface area contributed by atoms with Crippen molar-refractivity contribution in [1.82, 2.24) is 5.32 Å². The molecule has 0 bridgehead atoms. The molecule has 0 unspecified atom stereocenters. The number of aliphatic carboxylic acids is 1. The van der Waals surface area contributed by atoms with Gasteiger partial charge in [0.15, 0.2) is 0 Å². The second-order valence-corrected chi connectivity index (χ2v) is 9.49. The Hall–Kier alpha value is -3.46. The van der Waals surface area contributed by atoms with E-state index in [1.807, 2.05) is 47.4 Å². The number of hydrogen-bond acceptors (Lipinski definition) is 4. The molecule has 0 radical (unpaired) electrons. The molecule has 0 spiro atoms. The van der Waals surface area contributed by atoms with E-state index in [1.165, 1.54) is 11.1 Å². The number of rotatable bonds is 8. The topological polar surface area (TPSA) is 86.7 Å². The summed E-state index contributed by atoms with van der Waals surface area (Å²) in [5, 5.41) is 10.5. The monoisotopic (exact) mass is 530 g/mol. The number of halogens is 3. The second-order valence-electron chi connectivity index (χ2n) is 9.49. The van der Waals surface area contributed by atoms with Crippen molar-refractivity contribution in [1.29, 1.82) is 0 Å². The number of allylic oxidation sites excluding steroid dienone is 1. The van der Waals surface area contributed by atoms with Crippen molar-refractivity contribution in [2.45, 2.75) is 57.2 Å². The summed E-state index contributed by atoms with van der Waals surface area (Å²) in [6.45, 7) is 1.65. The highest BCUT2D eigenvalue weighted by Gasteiger charge is 2.38. The number of carbonyl (C=O) groups excluding carboxylic acids is 2. The third-order valence-electron chi connectivity index (χ3n) is 6.72. The van der Waals surface area contributed by atoms with Crippen LogP contribution in [-0.4, -0.2) is 48.1 Å². The van der Waals surface area contributed by atoms with Crippen LogP contribution in [-0.2, 0) is 27.2 Å².